The first-order valence-corrected chi connectivity index (χ1v) is 6.65. The van der Waals surface area contributed by atoms with Gasteiger partial charge < -0.3 is 5.32 Å². The van der Waals surface area contributed by atoms with E-state index in [2.05, 4.69) is 35.6 Å². The SMILES string of the molecule is c1ccc(C2(CC3CCNCC3)CC2)cc1. The molecule has 3 rings (SSSR count). The van der Waals surface area contributed by atoms with Gasteiger partial charge in [-0.15, -0.1) is 0 Å². The van der Waals surface area contributed by atoms with Gasteiger partial charge in [-0.25, -0.2) is 0 Å². The molecule has 0 unspecified atom stereocenters. The minimum Gasteiger partial charge on any atom is -0.317 e. The van der Waals surface area contributed by atoms with E-state index >= 15 is 0 Å². The molecule has 1 N–H and O–H groups in total. The minimum atomic E-state index is 0.573. The van der Waals surface area contributed by atoms with Crippen LogP contribution in [0.5, 0.6) is 0 Å². The highest BCUT2D eigenvalue weighted by molar-refractivity contribution is 5.31. The summed E-state index contributed by atoms with van der Waals surface area (Å²) in [7, 11) is 0. The van der Waals surface area contributed by atoms with Crippen molar-refractivity contribution in [3.8, 4) is 0 Å². The molecule has 1 aliphatic heterocycles. The van der Waals surface area contributed by atoms with Crippen LogP contribution in [0.2, 0.25) is 0 Å². The second-order valence-electron chi connectivity index (χ2n) is 5.54. The first kappa shape index (κ1) is 10.3. The van der Waals surface area contributed by atoms with Crippen LogP contribution in [0.3, 0.4) is 0 Å². The molecule has 1 nitrogen and oxygen atoms in total. The summed E-state index contributed by atoms with van der Waals surface area (Å²) in [5, 5.41) is 3.46. The highest BCUT2D eigenvalue weighted by Gasteiger charge is 2.45. The van der Waals surface area contributed by atoms with Crippen molar-refractivity contribution in [3.63, 3.8) is 0 Å². The summed E-state index contributed by atoms with van der Waals surface area (Å²) in [6.07, 6.45) is 7.03. The third-order valence-corrected chi connectivity index (χ3v) is 4.38. The molecular weight excluding hydrogens is 194 g/mol. The lowest BCUT2D eigenvalue weighted by Crippen LogP contribution is -2.29. The fourth-order valence-electron chi connectivity index (χ4n) is 3.19. The topological polar surface area (TPSA) is 12.0 Å². The summed E-state index contributed by atoms with van der Waals surface area (Å²) in [6, 6.07) is 11.2. The summed E-state index contributed by atoms with van der Waals surface area (Å²) in [5.41, 5.74) is 2.16. The van der Waals surface area contributed by atoms with Crippen LogP contribution in [0.25, 0.3) is 0 Å². The molecule has 0 spiro atoms. The molecule has 2 aliphatic rings. The molecule has 0 atom stereocenters. The molecule has 1 heteroatoms. The first-order chi connectivity index (χ1) is 7.89. The highest BCUT2D eigenvalue weighted by atomic mass is 14.9. The maximum Gasteiger partial charge on any atom is -0.00437 e. The van der Waals surface area contributed by atoms with Gasteiger partial charge >= 0.3 is 0 Å². The van der Waals surface area contributed by atoms with E-state index in [1.54, 1.807) is 5.56 Å². The van der Waals surface area contributed by atoms with Crippen LogP contribution in [-0.2, 0) is 5.41 Å². The Bertz CT molecular complexity index is 334. The zero-order valence-electron chi connectivity index (χ0n) is 9.91. The summed E-state index contributed by atoms with van der Waals surface area (Å²) in [4.78, 5) is 0. The quantitative estimate of drug-likeness (QED) is 0.817. The van der Waals surface area contributed by atoms with Crippen LogP contribution in [0.1, 0.15) is 37.7 Å². The first-order valence-electron chi connectivity index (χ1n) is 6.65. The Morgan fingerprint density at radius 3 is 2.38 bits per heavy atom. The summed E-state index contributed by atoms with van der Waals surface area (Å²) >= 11 is 0. The number of benzene rings is 1. The van der Waals surface area contributed by atoms with E-state index in [0.717, 1.165) is 5.92 Å². The second kappa shape index (κ2) is 4.21. The number of nitrogens with one attached hydrogen (secondary N) is 1. The van der Waals surface area contributed by atoms with Crippen LogP contribution in [0.4, 0.5) is 0 Å². The predicted molar refractivity (Wildman–Crippen MR) is 67.6 cm³/mol. The molecule has 1 aromatic carbocycles. The van der Waals surface area contributed by atoms with Gasteiger partial charge in [0, 0.05) is 0 Å². The molecular formula is C15H21N. The summed E-state index contributed by atoms with van der Waals surface area (Å²) in [6.45, 7) is 2.46. The molecule has 1 heterocycles. The lowest BCUT2D eigenvalue weighted by molar-refractivity contribution is 0.323. The Morgan fingerprint density at radius 1 is 1.06 bits per heavy atom. The predicted octanol–water partition coefficient (Wildman–Crippen LogP) is 3.11. The van der Waals surface area contributed by atoms with E-state index in [9.17, 15) is 0 Å². The number of hydrogen-bond acceptors (Lipinski definition) is 1. The molecule has 1 aromatic rings. The lowest BCUT2D eigenvalue weighted by atomic mass is 9.82. The van der Waals surface area contributed by atoms with E-state index in [1.807, 2.05) is 0 Å². The van der Waals surface area contributed by atoms with E-state index in [0.29, 0.717) is 5.41 Å². The molecule has 16 heavy (non-hydrogen) atoms. The number of hydrogen-bond donors (Lipinski definition) is 1. The third kappa shape index (κ3) is 2.01. The smallest absolute Gasteiger partial charge is 0.00437 e. The Balaban J connectivity index is 1.69. The van der Waals surface area contributed by atoms with Gasteiger partial charge in [0.25, 0.3) is 0 Å². The van der Waals surface area contributed by atoms with Gasteiger partial charge in [0.05, 0.1) is 0 Å². The molecule has 0 amide bonds. The average Bonchev–Trinajstić information content (AvgIpc) is 3.13. The summed E-state index contributed by atoms with van der Waals surface area (Å²) < 4.78 is 0. The molecule has 86 valence electrons. The standard InChI is InChI=1S/C15H21N/c1-2-4-14(5-3-1)15(8-9-15)12-13-6-10-16-11-7-13/h1-5,13,16H,6-12H2. The van der Waals surface area contributed by atoms with Crippen molar-refractivity contribution in [2.45, 2.75) is 37.5 Å². The van der Waals surface area contributed by atoms with Crippen LogP contribution in [-0.4, -0.2) is 13.1 Å². The largest absolute Gasteiger partial charge is 0.317 e. The van der Waals surface area contributed by atoms with Crippen LogP contribution in [0, 0.1) is 5.92 Å². The van der Waals surface area contributed by atoms with Gasteiger partial charge in [0.2, 0.25) is 0 Å². The van der Waals surface area contributed by atoms with Crippen molar-refractivity contribution >= 4 is 0 Å². The second-order valence-corrected chi connectivity index (χ2v) is 5.54. The lowest BCUT2D eigenvalue weighted by Gasteiger charge is -2.27. The van der Waals surface area contributed by atoms with E-state index in [-0.39, 0.29) is 0 Å². The van der Waals surface area contributed by atoms with Crippen molar-refractivity contribution in [2.75, 3.05) is 13.1 Å². The van der Waals surface area contributed by atoms with E-state index in [4.69, 9.17) is 0 Å². The maximum absolute atomic E-state index is 3.46. The third-order valence-electron chi connectivity index (χ3n) is 4.38. The van der Waals surface area contributed by atoms with Crippen molar-refractivity contribution in [1.82, 2.24) is 5.32 Å². The average molecular weight is 215 g/mol. The van der Waals surface area contributed by atoms with Gasteiger partial charge in [-0.1, -0.05) is 30.3 Å². The van der Waals surface area contributed by atoms with Crippen LogP contribution >= 0.6 is 0 Å². The van der Waals surface area contributed by atoms with E-state index in [1.165, 1.54) is 45.2 Å². The Labute approximate surface area is 98.3 Å². The number of piperidine rings is 1. The van der Waals surface area contributed by atoms with Crippen molar-refractivity contribution in [2.24, 2.45) is 5.92 Å². The van der Waals surface area contributed by atoms with Gasteiger partial charge in [-0.2, -0.15) is 0 Å². The monoisotopic (exact) mass is 215 g/mol. The molecule has 0 aromatic heterocycles. The zero-order chi connectivity index (χ0) is 10.8. The van der Waals surface area contributed by atoms with Gasteiger partial charge in [-0.3, -0.25) is 0 Å². The fourth-order valence-corrected chi connectivity index (χ4v) is 3.19. The van der Waals surface area contributed by atoms with Gasteiger partial charge in [0.1, 0.15) is 0 Å². The Hall–Kier alpha value is -0.820. The maximum atomic E-state index is 3.46. The molecule has 0 bridgehead atoms. The molecule has 1 saturated carbocycles. The number of rotatable bonds is 3. The molecule has 1 saturated heterocycles. The minimum absolute atomic E-state index is 0.573. The van der Waals surface area contributed by atoms with Gasteiger partial charge in [-0.05, 0) is 62.1 Å². The van der Waals surface area contributed by atoms with Crippen LogP contribution < -0.4 is 5.32 Å². The molecule has 1 aliphatic carbocycles. The normalized spacial score (nSPS) is 24.2. The van der Waals surface area contributed by atoms with Crippen LogP contribution in [0.15, 0.2) is 30.3 Å². The van der Waals surface area contributed by atoms with E-state index < -0.39 is 0 Å². The Morgan fingerprint density at radius 2 is 1.75 bits per heavy atom. The molecule has 0 radical (unpaired) electrons. The van der Waals surface area contributed by atoms with Crippen molar-refractivity contribution < 1.29 is 0 Å². The molecule has 2 fully saturated rings. The highest BCUT2D eigenvalue weighted by Crippen LogP contribution is 2.53. The van der Waals surface area contributed by atoms with Gasteiger partial charge in [0.15, 0.2) is 0 Å². The van der Waals surface area contributed by atoms with Crippen molar-refractivity contribution in [3.05, 3.63) is 35.9 Å². The summed E-state index contributed by atoms with van der Waals surface area (Å²) in [5.74, 6) is 0.962. The zero-order valence-corrected chi connectivity index (χ0v) is 9.91. The van der Waals surface area contributed by atoms with Crippen molar-refractivity contribution in [1.29, 1.82) is 0 Å². The Kier molecular flexibility index (Phi) is 2.72. The fraction of sp³-hybridized carbons (Fsp3) is 0.600.